The minimum atomic E-state index is -0.400. The zero-order chi connectivity index (χ0) is 13.7. The maximum absolute atomic E-state index is 11.7. The van der Waals surface area contributed by atoms with Gasteiger partial charge in [-0.3, -0.25) is 9.69 Å². The number of ether oxygens (including phenoxy) is 1. The molecule has 2 heterocycles. The zero-order valence-electron chi connectivity index (χ0n) is 11.5. The number of hydrogen-bond donors (Lipinski definition) is 2. The van der Waals surface area contributed by atoms with Crippen LogP contribution in [0.2, 0.25) is 0 Å². The van der Waals surface area contributed by atoms with Gasteiger partial charge in [0, 0.05) is 18.6 Å². The second-order valence-corrected chi connectivity index (χ2v) is 5.13. The number of carbonyl (C=O) groups is 2. The van der Waals surface area contributed by atoms with Gasteiger partial charge in [-0.2, -0.15) is 0 Å². The van der Waals surface area contributed by atoms with E-state index < -0.39 is 5.97 Å². The Kier molecular flexibility index (Phi) is 5.01. The lowest BCUT2D eigenvalue weighted by atomic mass is 9.99. The standard InChI is InChI=1S/C13H23N3O3/c1-2-19-12(17)9-14-13(18)15-10-6-8-16-7-4-3-5-11(10)16/h10-11H,2-9H2,1H3,(H2,14,15,18). The van der Waals surface area contributed by atoms with Gasteiger partial charge in [-0.15, -0.1) is 0 Å². The van der Waals surface area contributed by atoms with Crippen molar-refractivity contribution in [2.24, 2.45) is 0 Å². The van der Waals surface area contributed by atoms with E-state index in [-0.39, 0.29) is 18.6 Å². The molecule has 0 bridgehead atoms. The van der Waals surface area contributed by atoms with Gasteiger partial charge in [0.25, 0.3) is 0 Å². The molecule has 2 amide bonds. The van der Waals surface area contributed by atoms with Crippen LogP contribution in [0.25, 0.3) is 0 Å². The van der Waals surface area contributed by atoms with Crippen LogP contribution < -0.4 is 10.6 Å². The van der Waals surface area contributed by atoms with Gasteiger partial charge in [0.2, 0.25) is 0 Å². The molecule has 0 spiro atoms. The van der Waals surface area contributed by atoms with E-state index in [4.69, 9.17) is 4.74 Å². The highest BCUT2D eigenvalue weighted by Gasteiger charge is 2.36. The van der Waals surface area contributed by atoms with Crippen LogP contribution in [0.5, 0.6) is 0 Å². The van der Waals surface area contributed by atoms with Crippen molar-refractivity contribution >= 4 is 12.0 Å². The quantitative estimate of drug-likeness (QED) is 0.728. The Labute approximate surface area is 113 Å². The lowest BCUT2D eigenvalue weighted by Crippen LogP contribution is -2.50. The van der Waals surface area contributed by atoms with Crippen LogP contribution in [0.4, 0.5) is 4.79 Å². The average Bonchev–Trinajstić information content (AvgIpc) is 2.80. The average molecular weight is 269 g/mol. The molecule has 2 atom stereocenters. The first-order chi connectivity index (χ1) is 9.20. The molecule has 2 aliphatic rings. The molecule has 2 N–H and O–H groups in total. The van der Waals surface area contributed by atoms with Gasteiger partial charge in [-0.25, -0.2) is 4.79 Å². The van der Waals surface area contributed by atoms with Gasteiger partial charge in [0.1, 0.15) is 6.54 Å². The van der Waals surface area contributed by atoms with Gasteiger partial charge in [-0.1, -0.05) is 6.42 Å². The van der Waals surface area contributed by atoms with Crippen molar-refractivity contribution in [2.75, 3.05) is 26.2 Å². The number of nitrogens with one attached hydrogen (secondary N) is 2. The normalized spacial score (nSPS) is 26.6. The number of esters is 1. The maximum atomic E-state index is 11.7. The lowest BCUT2D eigenvalue weighted by Gasteiger charge is -2.32. The summed E-state index contributed by atoms with van der Waals surface area (Å²) < 4.78 is 4.76. The summed E-state index contributed by atoms with van der Waals surface area (Å²) in [5.74, 6) is -0.400. The van der Waals surface area contributed by atoms with Crippen molar-refractivity contribution in [3.8, 4) is 0 Å². The predicted molar refractivity (Wildman–Crippen MR) is 70.8 cm³/mol. The molecule has 2 saturated heterocycles. The molecule has 0 aromatic heterocycles. The van der Waals surface area contributed by atoms with E-state index >= 15 is 0 Å². The molecule has 108 valence electrons. The molecule has 0 aromatic carbocycles. The molecular weight excluding hydrogens is 246 g/mol. The molecule has 6 heteroatoms. The van der Waals surface area contributed by atoms with Gasteiger partial charge < -0.3 is 15.4 Å². The fourth-order valence-electron chi connectivity index (χ4n) is 3.00. The fraction of sp³-hybridized carbons (Fsp3) is 0.846. The molecule has 2 aliphatic heterocycles. The second kappa shape index (κ2) is 6.75. The number of urea groups is 1. The first-order valence-electron chi connectivity index (χ1n) is 7.14. The van der Waals surface area contributed by atoms with E-state index in [9.17, 15) is 9.59 Å². The first kappa shape index (κ1) is 14.1. The molecule has 2 unspecified atom stereocenters. The fourth-order valence-corrected chi connectivity index (χ4v) is 3.00. The summed E-state index contributed by atoms with van der Waals surface area (Å²) in [5, 5.41) is 5.52. The predicted octanol–water partition coefficient (Wildman–Crippen LogP) is 0.476. The van der Waals surface area contributed by atoms with E-state index in [1.807, 2.05) is 0 Å². The highest BCUT2D eigenvalue weighted by molar-refractivity contribution is 5.80. The summed E-state index contributed by atoms with van der Waals surface area (Å²) in [5.41, 5.74) is 0. The van der Waals surface area contributed by atoms with Crippen LogP contribution in [0.1, 0.15) is 32.6 Å². The second-order valence-electron chi connectivity index (χ2n) is 5.13. The van der Waals surface area contributed by atoms with E-state index in [2.05, 4.69) is 15.5 Å². The van der Waals surface area contributed by atoms with Crippen molar-refractivity contribution in [1.82, 2.24) is 15.5 Å². The first-order valence-corrected chi connectivity index (χ1v) is 7.14. The van der Waals surface area contributed by atoms with Crippen LogP contribution >= 0.6 is 0 Å². The Morgan fingerprint density at radius 1 is 1.26 bits per heavy atom. The number of amides is 2. The SMILES string of the molecule is CCOC(=O)CNC(=O)NC1CCN2CCCCC12. The number of piperidine rings is 1. The van der Waals surface area contributed by atoms with E-state index in [0.29, 0.717) is 12.6 Å². The highest BCUT2D eigenvalue weighted by atomic mass is 16.5. The monoisotopic (exact) mass is 269 g/mol. The molecule has 0 aromatic rings. The van der Waals surface area contributed by atoms with Crippen molar-refractivity contribution in [3.05, 3.63) is 0 Å². The Hall–Kier alpha value is -1.30. The minimum Gasteiger partial charge on any atom is -0.465 e. The Balaban J connectivity index is 1.72. The van der Waals surface area contributed by atoms with Crippen LogP contribution in [0.15, 0.2) is 0 Å². The molecule has 0 saturated carbocycles. The van der Waals surface area contributed by atoms with Gasteiger partial charge in [-0.05, 0) is 32.7 Å². The van der Waals surface area contributed by atoms with Crippen LogP contribution in [-0.4, -0.2) is 55.2 Å². The van der Waals surface area contributed by atoms with Crippen LogP contribution in [0.3, 0.4) is 0 Å². The van der Waals surface area contributed by atoms with E-state index in [1.165, 1.54) is 12.8 Å². The van der Waals surface area contributed by atoms with Crippen LogP contribution in [0, 0.1) is 0 Å². The molecule has 0 aliphatic carbocycles. The largest absolute Gasteiger partial charge is 0.465 e. The Morgan fingerprint density at radius 2 is 2.11 bits per heavy atom. The number of rotatable bonds is 4. The molecule has 0 radical (unpaired) electrons. The summed E-state index contributed by atoms with van der Waals surface area (Å²) in [6, 6.07) is 0.412. The lowest BCUT2D eigenvalue weighted by molar-refractivity contribution is -0.141. The molecule has 2 rings (SSSR count). The maximum Gasteiger partial charge on any atom is 0.325 e. The third-order valence-corrected chi connectivity index (χ3v) is 3.87. The molecular formula is C13H23N3O3. The topological polar surface area (TPSA) is 70.7 Å². The zero-order valence-corrected chi connectivity index (χ0v) is 11.5. The summed E-state index contributed by atoms with van der Waals surface area (Å²) in [6.45, 7) is 4.22. The molecule has 2 fully saturated rings. The van der Waals surface area contributed by atoms with E-state index in [1.54, 1.807) is 6.92 Å². The van der Waals surface area contributed by atoms with Crippen molar-refractivity contribution in [2.45, 2.75) is 44.7 Å². The van der Waals surface area contributed by atoms with Crippen molar-refractivity contribution in [1.29, 1.82) is 0 Å². The third kappa shape index (κ3) is 3.83. The van der Waals surface area contributed by atoms with Gasteiger partial charge in [0.15, 0.2) is 0 Å². The van der Waals surface area contributed by atoms with Gasteiger partial charge in [0.05, 0.1) is 6.61 Å². The van der Waals surface area contributed by atoms with Gasteiger partial charge >= 0.3 is 12.0 Å². The third-order valence-electron chi connectivity index (χ3n) is 3.87. The summed E-state index contributed by atoms with van der Waals surface area (Å²) >= 11 is 0. The van der Waals surface area contributed by atoms with Crippen molar-refractivity contribution in [3.63, 3.8) is 0 Å². The summed E-state index contributed by atoms with van der Waals surface area (Å²) in [7, 11) is 0. The van der Waals surface area contributed by atoms with Crippen LogP contribution in [-0.2, 0) is 9.53 Å². The Bertz CT molecular complexity index is 335. The van der Waals surface area contributed by atoms with Crippen molar-refractivity contribution < 1.29 is 14.3 Å². The molecule has 19 heavy (non-hydrogen) atoms. The van der Waals surface area contributed by atoms with E-state index in [0.717, 1.165) is 25.9 Å². The summed E-state index contributed by atoms with van der Waals surface area (Å²) in [6.07, 6.45) is 4.66. The smallest absolute Gasteiger partial charge is 0.325 e. The molecule has 6 nitrogen and oxygen atoms in total. The summed E-state index contributed by atoms with van der Waals surface area (Å²) in [4.78, 5) is 25.3. The number of fused-ring (bicyclic) bond motifs is 1. The number of carbonyl (C=O) groups excluding carboxylic acids is 2. The number of nitrogens with zero attached hydrogens (tertiary/aromatic N) is 1. The number of hydrogen-bond acceptors (Lipinski definition) is 4. The Morgan fingerprint density at radius 3 is 2.89 bits per heavy atom. The highest BCUT2D eigenvalue weighted by Crippen LogP contribution is 2.26. The minimum absolute atomic E-state index is 0.0687.